The standard InChI is InChI=1S/C18H15FN2O3/c1-10-14(9-22)21-6-2-3-16(18(21)20-10)24-17-13-5-4-12(19)7-11(13)8-15(17)23/h2-7,9,15,17,23H,8H2,1H3/t15-,17-/m1/s1. The van der Waals surface area contributed by atoms with Gasteiger partial charge in [0.25, 0.3) is 0 Å². The number of nitrogens with zero attached hydrogens (tertiary/aromatic N) is 2. The first-order valence-electron chi connectivity index (χ1n) is 7.64. The SMILES string of the molecule is Cc1nc2c(O[C@@H]3c4ccc(F)cc4C[C@H]3O)cccn2c1C=O. The maximum atomic E-state index is 13.4. The van der Waals surface area contributed by atoms with E-state index in [1.54, 1.807) is 35.7 Å². The number of pyridine rings is 1. The highest BCUT2D eigenvalue weighted by Crippen LogP contribution is 2.36. The van der Waals surface area contributed by atoms with Crippen LogP contribution in [-0.4, -0.2) is 26.9 Å². The zero-order valence-electron chi connectivity index (χ0n) is 12.9. The molecule has 0 spiro atoms. The van der Waals surface area contributed by atoms with E-state index in [1.165, 1.54) is 12.1 Å². The second-order valence-electron chi connectivity index (χ2n) is 5.92. The van der Waals surface area contributed by atoms with Crippen molar-refractivity contribution >= 4 is 11.9 Å². The first-order chi connectivity index (χ1) is 11.6. The van der Waals surface area contributed by atoms with Gasteiger partial charge in [0.1, 0.15) is 11.5 Å². The zero-order chi connectivity index (χ0) is 16.8. The Morgan fingerprint density at radius 1 is 1.42 bits per heavy atom. The Morgan fingerprint density at radius 2 is 2.25 bits per heavy atom. The summed E-state index contributed by atoms with van der Waals surface area (Å²) in [5.74, 6) is 0.137. The minimum atomic E-state index is -0.761. The summed E-state index contributed by atoms with van der Waals surface area (Å²) in [6.07, 6.45) is 1.47. The molecule has 2 atom stereocenters. The van der Waals surface area contributed by atoms with Crippen molar-refractivity contribution in [2.75, 3.05) is 0 Å². The van der Waals surface area contributed by atoms with Crippen molar-refractivity contribution in [1.29, 1.82) is 0 Å². The lowest BCUT2D eigenvalue weighted by Crippen LogP contribution is -2.19. The first kappa shape index (κ1) is 14.8. The van der Waals surface area contributed by atoms with Crippen LogP contribution in [-0.2, 0) is 6.42 Å². The molecular formula is C18H15FN2O3. The van der Waals surface area contributed by atoms with Gasteiger partial charge in [0, 0.05) is 12.6 Å². The molecule has 1 aliphatic carbocycles. The van der Waals surface area contributed by atoms with Gasteiger partial charge in [-0.15, -0.1) is 0 Å². The molecule has 0 radical (unpaired) electrons. The normalized spacial score (nSPS) is 19.5. The van der Waals surface area contributed by atoms with E-state index in [9.17, 15) is 14.3 Å². The second-order valence-corrected chi connectivity index (χ2v) is 5.92. The highest BCUT2D eigenvalue weighted by molar-refractivity contribution is 5.77. The number of aliphatic hydroxyl groups excluding tert-OH is 1. The maximum absolute atomic E-state index is 13.4. The van der Waals surface area contributed by atoms with Gasteiger partial charge in [-0.2, -0.15) is 0 Å². The predicted molar refractivity (Wildman–Crippen MR) is 84.8 cm³/mol. The number of benzene rings is 1. The van der Waals surface area contributed by atoms with Gasteiger partial charge in [0.05, 0.1) is 11.8 Å². The summed E-state index contributed by atoms with van der Waals surface area (Å²) in [4.78, 5) is 15.6. The smallest absolute Gasteiger partial charge is 0.180 e. The third-order valence-corrected chi connectivity index (χ3v) is 4.39. The number of aldehydes is 1. The van der Waals surface area contributed by atoms with Crippen LogP contribution >= 0.6 is 0 Å². The van der Waals surface area contributed by atoms with Crippen LogP contribution < -0.4 is 4.74 Å². The van der Waals surface area contributed by atoms with Gasteiger partial charge in [0.15, 0.2) is 23.8 Å². The van der Waals surface area contributed by atoms with Crippen LogP contribution in [0.25, 0.3) is 5.65 Å². The van der Waals surface area contributed by atoms with Gasteiger partial charge in [-0.25, -0.2) is 9.37 Å². The number of rotatable bonds is 3. The molecule has 0 saturated carbocycles. The van der Waals surface area contributed by atoms with Crippen molar-refractivity contribution in [3.63, 3.8) is 0 Å². The second kappa shape index (κ2) is 5.42. The van der Waals surface area contributed by atoms with Crippen molar-refractivity contribution < 1.29 is 19.0 Å². The van der Waals surface area contributed by atoms with E-state index in [0.717, 1.165) is 17.4 Å². The van der Waals surface area contributed by atoms with E-state index in [0.29, 0.717) is 29.2 Å². The summed E-state index contributed by atoms with van der Waals surface area (Å²) in [5.41, 5.74) is 3.09. The molecule has 0 saturated heterocycles. The summed E-state index contributed by atoms with van der Waals surface area (Å²) < 4.78 is 21.0. The maximum Gasteiger partial charge on any atom is 0.180 e. The molecule has 0 fully saturated rings. The van der Waals surface area contributed by atoms with Crippen LogP contribution in [0.2, 0.25) is 0 Å². The van der Waals surface area contributed by atoms with Crippen molar-refractivity contribution in [2.24, 2.45) is 0 Å². The van der Waals surface area contributed by atoms with E-state index in [2.05, 4.69) is 4.98 Å². The molecular weight excluding hydrogens is 311 g/mol. The van der Waals surface area contributed by atoms with Crippen LogP contribution in [0.5, 0.6) is 5.75 Å². The fraction of sp³-hybridized carbons (Fsp3) is 0.222. The van der Waals surface area contributed by atoms with Gasteiger partial charge in [-0.1, -0.05) is 6.07 Å². The molecule has 0 bridgehead atoms. The summed E-state index contributed by atoms with van der Waals surface area (Å²) >= 11 is 0. The van der Waals surface area contributed by atoms with Crippen molar-refractivity contribution in [1.82, 2.24) is 9.38 Å². The number of fused-ring (bicyclic) bond motifs is 2. The van der Waals surface area contributed by atoms with E-state index in [-0.39, 0.29) is 5.82 Å². The molecule has 2 heterocycles. The third kappa shape index (κ3) is 2.18. The molecule has 2 aromatic heterocycles. The summed E-state index contributed by atoms with van der Waals surface area (Å²) in [6.45, 7) is 1.75. The lowest BCUT2D eigenvalue weighted by atomic mass is 10.1. The molecule has 1 N–H and O–H groups in total. The first-order valence-corrected chi connectivity index (χ1v) is 7.64. The lowest BCUT2D eigenvalue weighted by molar-refractivity contribution is 0.0502. The van der Waals surface area contributed by atoms with Crippen molar-refractivity contribution in [3.05, 3.63) is 64.9 Å². The van der Waals surface area contributed by atoms with Crippen LogP contribution in [0.15, 0.2) is 36.5 Å². The van der Waals surface area contributed by atoms with Crippen LogP contribution in [0.3, 0.4) is 0 Å². The number of aliphatic hydroxyl groups is 1. The Bertz CT molecular complexity index is 951. The Hall–Kier alpha value is -2.73. The number of halogens is 1. The minimum absolute atomic E-state index is 0.330. The Balaban J connectivity index is 1.77. The number of hydrogen-bond donors (Lipinski definition) is 1. The monoisotopic (exact) mass is 326 g/mol. The van der Waals surface area contributed by atoms with Gasteiger partial charge in [-0.05, 0) is 42.3 Å². The highest BCUT2D eigenvalue weighted by Gasteiger charge is 2.33. The van der Waals surface area contributed by atoms with E-state index >= 15 is 0 Å². The number of carbonyl (C=O) groups is 1. The average molecular weight is 326 g/mol. The summed E-state index contributed by atoms with van der Waals surface area (Å²) in [5, 5.41) is 10.3. The minimum Gasteiger partial charge on any atom is -0.479 e. The van der Waals surface area contributed by atoms with Crippen LogP contribution in [0, 0.1) is 12.7 Å². The van der Waals surface area contributed by atoms with Crippen molar-refractivity contribution in [3.8, 4) is 5.75 Å². The van der Waals surface area contributed by atoms with Gasteiger partial charge in [0.2, 0.25) is 0 Å². The fourth-order valence-corrected chi connectivity index (χ4v) is 3.26. The number of aryl methyl sites for hydroxylation is 1. The van der Waals surface area contributed by atoms with Crippen LogP contribution in [0.4, 0.5) is 4.39 Å². The van der Waals surface area contributed by atoms with Gasteiger partial charge >= 0.3 is 0 Å². The Morgan fingerprint density at radius 3 is 3.04 bits per heavy atom. The summed E-state index contributed by atoms with van der Waals surface area (Å²) in [6, 6.07) is 7.91. The molecule has 5 nitrogen and oxygen atoms in total. The fourth-order valence-electron chi connectivity index (χ4n) is 3.26. The van der Waals surface area contributed by atoms with E-state index in [4.69, 9.17) is 4.74 Å². The molecule has 0 amide bonds. The van der Waals surface area contributed by atoms with Crippen LogP contribution in [0.1, 0.15) is 33.4 Å². The molecule has 0 unspecified atom stereocenters. The summed E-state index contributed by atoms with van der Waals surface area (Å²) in [7, 11) is 0. The predicted octanol–water partition coefficient (Wildman–Crippen LogP) is 2.63. The number of ether oxygens (including phenoxy) is 1. The van der Waals surface area contributed by atoms with Gasteiger partial charge in [-0.3, -0.25) is 9.20 Å². The average Bonchev–Trinajstić information content (AvgIpc) is 3.04. The van der Waals surface area contributed by atoms with E-state index in [1.807, 2.05) is 0 Å². The number of hydrogen-bond acceptors (Lipinski definition) is 4. The Kier molecular flexibility index (Phi) is 3.35. The number of carbonyl (C=O) groups excluding carboxylic acids is 1. The Labute approximate surface area is 137 Å². The molecule has 1 aromatic carbocycles. The van der Waals surface area contributed by atoms with E-state index < -0.39 is 12.2 Å². The molecule has 6 heteroatoms. The quantitative estimate of drug-likeness (QED) is 0.752. The molecule has 1 aliphatic rings. The molecule has 4 rings (SSSR count). The molecule has 3 aromatic rings. The molecule has 122 valence electrons. The zero-order valence-corrected chi connectivity index (χ0v) is 12.9. The number of imidazole rings is 1. The largest absolute Gasteiger partial charge is 0.479 e. The number of aromatic nitrogens is 2. The topological polar surface area (TPSA) is 63.8 Å². The lowest BCUT2D eigenvalue weighted by Gasteiger charge is -2.18. The molecule has 0 aliphatic heterocycles. The van der Waals surface area contributed by atoms with Crippen molar-refractivity contribution in [2.45, 2.75) is 25.6 Å². The highest BCUT2D eigenvalue weighted by atomic mass is 19.1. The third-order valence-electron chi connectivity index (χ3n) is 4.39. The van der Waals surface area contributed by atoms with Gasteiger partial charge < -0.3 is 9.84 Å². The molecule has 24 heavy (non-hydrogen) atoms.